The molecule has 1 amide bonds. The number of carbonyl (C=O) groups excluding carboxylic acids is 1. The van der Waals surface area contributed by atoms with Gasteiger partial charge in [0.1, 0.15) is 0 Å². The van der Waals surface area contributed by atoms with Crippen LogP contribution in [0.1, 0.15) is 31.1 Å². The summed E-state index contributed by atoms with van der Waals surface area (Å²) in [6.07, 6.45) is 0. The second kappa shape index (κ2) is 6.16. The van der Waals surface area contributed by atoms with Gasteiger partial charge in [0.05, 0.1) is 10.1 Å². The van der Waals surface area contributed by atoms with Crippen molar-refractivity contribution >= 4 is 15.7 Å². The summed E-state index contributed by atoms with van der Waals surface area (Å²) in [7, 11) is -3.30. The molecule has 0 saturated heterocycles. The van der Waals surface area contributed by atoms with E-state index in [-0.39, 0.29) is 16.8 Å². The highest BCUT2D eigenvalue weighted by Gasteiger charge is 2.19. The fourth-order valence-corrected chi connectivity index (χ4v) is 2.49. The highest BCUT2D eigenvalue weighted by molar-refractivity contribution is 7.92. The minimum atomic E-state index is -3.30. The number of sulfone groups is 1. The maximum Gasteiger partial charge on any atom is 0.251 e. The number of nitrogens with one attached hydrogen (secondary N) is 1. The molecule has 0 unspecified atom stereocenters. The van der Waals surface area contributed by atoms with E-state index in [2.05, 4.69) is 5.32 Å². The number of hydrogen-bond donors (Lipinski definition) is 2. The first-order chi connectivity index (χ1) is 8.78. The van der Waals surface area contributed by atoms with Crippen molar-refractivity contribution in [3.05, 3.63) is 29.8 Å². The monoisotopic (exact) mass is 284 g/mol. The third-order valence-corrected chi connectivity index (χ3v) is 4.97. The molecule has 0 fully saturated rings. The minimum Gasteiger partial charge on any atom is -0.348 e. The topological polar surface area (TPSA) is 89.3 Å². The molecule has 5 nitrogen and oxygen atoms in total. The summed E-state index contributed by atoms with van der Waals surface area (Å²) in [5.74, 6) is -0.258. The van der Waals surface area contributed by atoms with Gasteiger partial charge in [-0.15, -0.1) is 0 Å². The first kappa shape index (κ1) is 15.7. The summed E-state index contributed by atoms with van der Waals surface area (Å²) >= 11 is 0. The smallest absolute Gasteiger partial charge is 0.251 e. The predicted molar refractivity (Wildman–Crippen MR) is 74.7 cm³/mol. The number of amides is 1. The van der Waals surface area contributed by atoms with Crippen LogP contribution >= 0.6 is 0 Å². The Morgan fingerprint density at radius 1 is 1.21 bits per heavy atom. The summed E-state index contributed by atoms with van der Waals surface area (Å²) in [4.78, 5) is 12.0. The van der Waals surface area contributed by atoms with E-state index >= 15 is 0 Å². The molecule has 0 spiro atoms. The van der Waals surface area contributed by atoms with Crippen LogP contribution in [0.15, 0.2) is 29.2 Å². The summed E-state index contributed by atoms with van der Waals surface area (Å²) in [6.45, 7) is 5.40. The normalized spacial score (nSPS) is 13.3. The van der Waals surface area contributed by atoms with E-state index in [1.807, 2.05) is 0 Å². The molecule has 0 heterocycles. The predicted octanol–water partition coefficient (Wildman–Crippen LogP) is 0.946. The van der Waals surface area contributed by atoms with Crippen molar-refractivity contribution in [3.8, 4) is 0 Å². The summed E-state index contributed by atoms with van der Waals surface area (Å²) in [5.41, 5.74) is 5.84. The van der Waals surface area contributed by atoms with Gasteiger partial charge in [-0.3, -0.25) is 4.79 Å². The van der Waals surface area contributed by atoms with E-state index < -0.39 is 15.1 Å². The molecule has 0 aliphatic heterocycles. The zero-order valence-electron chi connectivity index (χ0n) is 11.4. The largest absolute Gasteiger partial charge is 0.348 e. The SMILES string of the molecule is CC(C)S(=O)(=O)c1ccc(C(=O)N[C@@H](C)CN)cc1. The van der Waals surface area contributed by atoms with Gasteiger partial charge in [0, 0.05) is 18.2 Å². The fraction of sp³-hybridized carbons (Fsp3) is 0.462. The first-order valence-electron chi connectivity index (χ1n) is 6.14. The van der Waals surface area contributed by atoms with Crippen molar-refractivity contribution in [1.82, 2.24) is 5.32 Å². The van der Waals surface area contributed by atoms with Crippen molar-refractivity contribution in [2.24, 2.45) is 5.73 Å². The van der Waals surface area contributed by atoms with Crippen LogP contribution in [0, 0.1) is 0 Å². The molecule has 6 heteroatoms. The van der Waals surface area contributed by atoms with Crippen LogP contribution in [0.4, 0.5) is 0 Å². The standard InChI is InChI=1S/C13H20N2O3S/c1-9(2)19(17,18)12-6-4-11(5-7-12)13(16)15-10(3)8-14/h4-7,9-10H,8,14H2,1-3H3,(H,15,16)/t10-/m0/s1. The van der Waals surface area contributed by atoms with Gasteiger partial charge in [-0.25, -0.2) is 8.42 Å². The van der Waals surface area contributed by atoms with Gasteiger partial charge < -0.3 is 11.1 Å². The lowest BCUT2D eigenvalue weighted by atomic mass is 10.2. The van der Waals surface area contributed by atoms with E-state index in [4.69, 9.17) is 5.73 Å². The van der Waals surface area contributed by atoms with Gasteiger partial charge in [0.2, 0.25) is 0 Å². The van der Waals surface area contributed by atoms with E-state index in [9.17, 15) is 13.2 Å². The molecule has 1 rings (SSSR count). The maximum atomic E-state index is 11.9. The third-order valence-electron chi connectivity index (χ3n) is 2.80. The van der Waals surface area contributed by atoms with E-state index in [1.54, 1.807) is 20.8 Å². The van der Waals surface area contributed by atoms with Gasteiger partial charge in [0.15, 0.2) is 9.84 Å². The molecule has 0 saturated carbocycles. The molecular weight excluding hydrogens is 264 g/mol. The molecule has 1 atom stereocenters. The lowest BCUT2D eigenvalue weighted by Gasteiger charge is -2.12. The molecule has 0 aliphatic rings. The molecule has 0 aromatic heterocycles. The van der Waals surface area contributed by atoms with Crippen molar-refractivity contribution < 1.29 is 13.2 Å². The Bertz CT molecular complexity index is 536. The van der Waals surface area contributed by atoms with Gasteiger partial charge in [0.25, 0.3) is 5.91 Å². The van der Waals surface area contributed by atoms with Crippen LogP contribution in [-0.2, 0) is 9.84 Å². The van der Waals surface area contributed by atoms with Gasteiger partial charge in [-0.2, -0.15) is 0 Å². The Morgan fingerprint density at radius 3 is 2.16 bits per heavy atom. The first-order valence-corrected chi connectivity index (χ1v) is 7.68. The number of carbonyl (C=O) groups is 1. The zero-order chi connectivity index (χ0) is 14.6. The number of hydrogen-bond acceptors (Lipinski definition) is 4. The van der Waals surface area contributed by atoms with Crippen LogP contribution in [0.25, 0.3) is 0 Å². The Hall–Kier alpha value is -1.40. The second-order valence-electron chi connectivity index (χ2n) is 4.73. The lowest BCUT2D eigenvalue weighted by Crippen LogP contribution is -2.37. The number of nitrogens with two attached hydrogens (primary N) is 1. The van der Waals surface area contributed by atoms with Crippen LogP contribution < -0.4 is 11.1 Å². The van der Waals surface area contributed by atoms with E-state index in [1.165, 1.54) is 24.3 Å². The molecule has 1 aromatic rings. The zero-order valence-corrected chi connectivity index (χ0v) is 12.2. The molecule has 0 aliphatic carbocycles. The number of rotatable bonds is 5. The molecule has 1 aromatic carbocycles. The Balaban J connectivity index is 2.91. The maximum absolute atomic E-state index is 11.9. The molecule has 0 bridgehead atoms. The molecular formula is C13H20N2O3S. The van der Waals surface area contributed by atoms with Crippen LogP contribution in [0.5, 0.6) is 0 Å². The minimum absolute atomic E-state index is 0.119. The third kappa shape index (κ3) is 3.78. The van der Waals surface area contributed by atoms with Crippen LogP contribution in [-0.4, -0.2) is 32.2 Å². The molecule has 0 radical (unpaired) electrons. The highest BCUT2D eigenvalue weighted by Crippen LogP contribution is 2.16. The average molecular weight is 284 g/mol. The summed E-state index contributed by atoms with van der Waals surface area (Å²) < 4.78 is 23.8. The summed E-state index contributed by atoms with van der Waals surface area (Å²) in [5, 5.41) is 2.23. The van der Waals surface area contributed by atoms with Gasteiger partial charge in [-0.1, -0.05) is 0 Å². The Kier molecular flexibility index (Phi) is 5.08. The highest BCUT2D eigenvalue weighted by atomic mass is 32.2. The van der Waals surface area contributed by atoms with E-state index in [0.29, 0.717) is 12.1 Å². The quantitative estimate of drug-likeness (QED) is 0.842. The second-order valence-corrected chi connectivity index (χ2v) is 7.23. The Morgan fingerprint density at radius 2 is 1.74 bits per heavy atom. The molecule has 106 valence electrons. The molecule has 3 N–H and O–H groups in total. The van der Waals surface area contributed by atoms with Gasteiger partial charge in [-0.05, 0) is 45.0 Å². The van der Waals surface area contributed by atoms with Crippen molar-refractivity contribution in [3.63, 3.8) is 0 Å². The average Bonchev–Trinajstić information content (AvgIpc) is 2.38. The number of benzene rings is 1. The van der Waals surface area contributed by atoms with Crippen molar-refractivity contribution in [2.75, 3.05) is 6.54 Å². The van der Waals surface area contributed by atoms with Crippen LogP contribution in [0.2, 0.25) is 0 Å². The fourth-order valence-electron chi connectivity index (χ4n) is 1.43. The van der Waals surface area contributed by atoms with Gasteiger partial charge >= 0.3 is 0 Å². The molecule has 19 heavy (non-hydrogen) atoms. The lowest BCUT2D eigenvalue weighted by molar-refractivity contribution is 0.0941. The van der Waals surface area contributed by atoms with E-state index in [0.717, 1.165) is 0 Å². The van der Waals surface area contributed by atoms with Crippen LogP contribution in [0.3, 0.4) is 0 Å². The summed E-state index contributed by atoms with van der Waals surface area (Å²) in [6, 6.07) is 5.81. The van der Waals surface area contributed by atoms with Crippen molar-refractivity contribution in [1.29, 1.82) is 0 Å². The van der Waals surface area contributed by atoms with Crippen molar-refractivity contribution in [2.45, 2.75) is 37.0 Å². The Labute approximate surface area is 114 Å².